The van der Waals surface area contributed by atoms with Crippen molar-refractivity contribution in [2.24, 2.45) is 0 Å². The van der Waals surface area contributed by atoms with E-state index in [9.17, 15) is 14.0 Å². The van der Waals surface area contributed by atoms with Crippen molar-refractivity contribution in [3.8, 4) is 0 Å². The Morgan fingerprint density at radius 1 is 1.22 bits per heavy atom. The monoisotopic (exact) mass is 340 g/mol. The Hall–Kier alpha value is -1.62. The molecule has 2 amide bonds. The molecule has 1 heterocycles. The van der Waals surface area contributed by atoms with Crippen molar-refractivity contribution in [3.63, 3.8) is 0 Å². The molecule has 1 aliphatic rings. The highest BCUT2D eigenvalue weighted by Gasteiger charge is 2.23. The van der Waals surface area contributed by atoms with Gasteiger partial charge in [0.25, 0.3) is 0 Å². The Kier molecular flexibility index (Phi) is 6.84. The molecule has 1 N–H and O–H groups in total. The number of amides is 2. The summed E-state index contributed by atoms with van der Waals surface area (Å²) in [6.45, 7) is 1.34. The fourth-order valence-electron chi connectivity index (χ4n) is 2.72. The second-order valence-corrected chi connectivity index (χ2v) is 6.20. The molecule has 1 aromatic rings. The summed E-state index contributed by atoms with van der Waals surface area (Å²) in [6.07, 6.45) is 2.97. The van der Waals surface area contributed by atoms with Crippen LogP contribution in [-0.2, 0) is 16.0 Å². The Bertz CT molecular complexity index is 528. The van der Waals surface area contributed by atoms with E-state index >= 15 is 0 Å². The molecule has 1 saturated heterocycles. The van der Waals surface area contributed by atoms with Crippen molar-refractivity contribution in [1.29, 1.82) is 0 Å². The number of halogens is 2. The van der Waals surface area contributed by atoms with Crippen LogP contribution < -0.4 is 5.32 Å². The molecule has 0 bridgehead atoms. The fourth-order valence-corrected chi connectivity index (χ4v) is 2.85. The van der Waals surface area contributed by atoms with Crippen molar-refractivity contribution >= 4 is 23.4 Å². The molecule has 1 fully saturated rings. The van der Waals surface area contributed by atoms with Crippen LogP contribution in [0, 0.1) is 5.82 Å². The third-order valence-corrected chi connectivity index (χ3v) is 4.28. The van der Waals surface area contributed by atoms with Gasteiger partial charge in [0.2, 0.25) is 11.8 Å². The number of hydrogen-bond acceptors (Lipinski definition) is 2. The molecule has 0 spiro atoms. The lowest BCUT2D eigenvalue weighted by molar-refractivity contribution is -0.132. The molecule has 23 heavy (non-hydrogen) atoms. The zero-order valence-electron chi connectivity index (χ0n) is 13.1. The molecule has 4 nitrogen and oxygen atoms in total. The maximum absolute atomic E-state index is 12.8. The molecule has 1 aromatic carbocycles. The van der Waals surface area contributed by atoms with Gasteiger partial charge in [-0.25, -0.2) is 4.39 Å². The summed E-state index contributed by atoms with van der Waals surface area (Å²) in [5.74, 6) is 0.271. The molecule has 0 saturated carbocycles. The van der Waals surface area contributed by atoms with E-state index in [-0.39, 0.29) is 30.1 Å². The van der Waals surface area contributed by atoms with E-state index in [2.05, 4.69) is 5.32 Å². The lowest BCUT2D eigenvalue weighted by Crippen LogP contribution is -2.46. The minimum Gasteiger partial charge on any atom is -0.353 e. The second kappa shape index (κ2) is 8.87. The number of carbonyl (C=O) groups excluding carboxylic acids is 2. The van der Waals surface area contributed by atoms with Gasteiger partial charge in [0.05, 0.1) is 6.42 Å². The van der Waals surface area contributed by atoms with Gasteiger partial charge < -0.3 is 10.2 Å². The normalized spacial score (nSPS) is 15.5. The van der Waals surface area contributed by atoms with E-state index in [4.69, 9.17) is 11.6 Å². The van der Waals surface area contributed by atoms with E-state index < -0.39 is 0 Å². The van der Waals surface area contributed by atoms with E-state index in [1.807, 2.05) is 4.90 Å². The smallest absolute Gasteiger partial charge is 0.224 e. The van der Waals surface area contributed by atoms with Gasteiger partial charge in [-0.1, -0.05) is 12.1 Å². The number of benzene rings is 1. The van der Waals surface area contributed by atoms with Gasteiger partial charge >= 0.3 is 0 Å². The zero-order valence-corrected chi connectivity index (χ0v) is 13.8. The predicted octanol–water partition coefficient (Wildman–Crippen LogP) is 2.49. The first-order valence-corrected chi connectivity index (χ1v) is 8.49. The Labute approximate surface area is 141 Å². The summed E-state index contributed by atoms with van der Waals surface area (Å²) >= 11 is 5.60. The minimum absolute atomic E-state index is 0.0662. The van der Waals surface area contributed by atoms with E-state index in [1.165, 1.54) is 12.1 Å². The average Bonchev–Trinajstić information content (AvgIpc) is 2.55. The lowest BCUT2D eigenvalue weighted by Gasteiger charge is -2.32. The highest BCUT2D eigenvalue weighted by atomic mass is 35.5. The largest absolute Gasteiger partial charge is 0.353 e. The maximum Gasteiger partial charge on any atom is 0.224 e. The van der Waals surface area contributed by atoms with Crippen molar-refractivity contribution < 1.29 is 14.0 Å². The van der Waals surface area contributed by atoms with Crippen LogP contribution in [0.3, 0.4) is 0 Å². The molecule has 126 valence electrons. The van der Waals surface area contributed by atoms with E-state index in [0.717, 1.165) is 18.4 Å². The molecule has 0 atom stereocenters. The molecule has 6 heteroatoms. The first kappa shape index (κ1) is 17.7. The molecule has 0 aromatic heterocycles. The number of hydrogen-bond donors (Lipinski definition) is 1. The van der Waals surface area contributed by atoms with Crippen molar-refractivity contribution in [2.75, 3.05) is 19.0 Å². The number of rotatable bonds is 6. The van der Waals surface area contributed by atoms with Crippen LogP contribution in [0.15, 0.2) is 24.3 Å². The number of carbonyl (C=O) groups is 2. The van der Waals surface area contributed by atoms with Gasteiger partial charge in [0.1, 0.15) is 5.82 Å². The van der Waals surface area contributed by atoms with Crippen molar-refractivity contribution in [3.05, 3.63) is 35.6 Å². The number of nitrogens with zero attached hydrogens (tertiary/aromatic N) is 1. The Morgan fingerprint density at radius 3 is 2.48 bits per heavy atom. The molecular formula is C17H22ClFN2O2. The number of nitrogens with one attached hydrogen (secondary N) is 1. The average molecular weight is 341 g/mol. The van der Waals surface area contributed by atoms with Crippen LogP contribution in [0.25, 0.3) is 0 Å². The first-order valence-electron chi connectivity index (χ1n) is 7.96. The third kappa shape index (κ3) is 5.82. The standard InChI is InChI=1S/C17H22ClFN2O2/c18-9-1-2-17(23)21-10-7-15(8-11-21)20-16(22)12-13-3-5-14(19)6-4-13/h3-6,15H,1-2,7-12H2,(H,20,22). The predicted molar refractivity (Wildman–Crippen MR) is 87.8 cm³/mol. The highest BCUT2D eigenvalue weighted by Crippen LogP contribution is 2.13. The van der Waals surface area contributed by atoms with E-state index in [1.54, 1.807) is 12.1 Å². The molecule has 0 radical (unpaired) electrons. The zero-order chi connectivity index (χ0) is 16.7. The lowest BCUT2D eigenvalue weighted by atomic mass is 10.0. The second-order valence-electron chi connectivity index (χ2n) is 5.82. The van der Waals surface area contributed by atoms with Crippen molar-refractivity contribution in [2.45, 2.75) is 38.1 Å². The van der Waals surface area contributed by atoms with E-state index in [0.29, 0.717) is 31.8 Å². The Balaban J connectivity index is 1.72. The van der Waals surface area contributed by atoms with Crippen LogP contribution >= 0.6 is 11.6 Å². The summed E-state index contributed by atoms with van der Waals surface area (Å²) in [6, 6.07) is 6.04. The van der Waals surface area contributed by atoms with Gasteiger partial charge in [0, 0.05) is 31.4 Å². The molecular weight excluding hydrogens is 319 g/mol. The third-order valence-electron chi connectivity index (χ3n) is 4.01. The number of alkyl halides is 1. The van der Waals surface area contributed by atoms with Crippen LogP contribution in [-0.4, -0.2) is 41.7 Å². The molecule has 1 aliphatic heterocycles. The molecule has 2 rings (SSSR count). The SMILES string of the molecule is O=C(Cc1ccc(F)cc1)NC1CCN(C(=O)CCCCl)CC1. The van der Waals surface area contributed by atoms with Crippen LogP contribution in [0.1, 0.15) is 31.2 Å². The van der Waals surface area contributed by atoms with Crippen LogP contribution in [0.5, 0.6) is 0 Å². The first-order chi connectivity index (χ1) is 11.1. The van der Waals surface area contributed by atoms with Gasteiger partial charge in [0.15, 0.2) is 0 Å². The van der Waals surface area contributed by atoms with Crippen molar-refractivity contribution in [1.82, 2.24) is 10.2 Å². The summed E-state index contributed by atoms with van der Waals surface area (Å²) < 4.78 is 12.8. The summed E-state index contributed by atoms with van der Waals surface area (Å²) in [5.41, 5.74) is 0.789. The minimum atomic E-state index is -0.305. The topological polar surface area (TPSA) is 49.4 Å². The fraction of sp³-hybridized carbons (Fsp3) is 0.529. The number of likely N-dealkylation sites (tertiary alicyclic amines) is 1. The highest BCUT2D eigenvalue weighted by molar-refractivity contribution is 6.17. The van der Waals surface area contributed by atoms with Gasteiger partial charge in [-0.15, -0.1) is 11.6 Å². The molecule has 0 unspecified atom stereocenters. The number of piperidine rings is 1. The molecule has 0 aliphatic carbocycles. The quantitative estimate of drug-likeness (QED) is 0.809. The van der Waals surface area contributed by atoms with Gasteiger partial charge in [-0.3, -0.25) is 9.59 Å². The Morgan fingerprint density at radius 2 is 1.87 bits per heavy atom. The van der Waals surface area contributed by atoms with Gasteiger partial charge in [-0.2, -0.15) is 0 Å². The van der Waals surface area contributed by atoms with Gasteiger partial charge in [-0.05, 0) is 37.0 Å². The summed E-state index contributed by atoms with van der Waals surface area (Å²) in [5, 5.41) is 2.99. The maximum atomic E-state index is 12.8. The summed E-state index contributed by atoms with van der Waals surface area (Å²) in [7, 11) is 0. The summed E-state index contributed by atoms with van der Waals surface area (Å²) in [4.78, 5) is 25.8. The van der Waals surface area contributed by atoms with Crippen LogP contribution in [0.2, 0.25) is 0 Å². The van der Waals surface area contributed by atoms with Crippen LogP contribution in [0.4, 0.5) is 4.39 Å².